The van der Waals surface area contributed by atoms with Crippen LogP contribution in [0.2, 0.25) is 9.36 Å². The summed E-state index contributed by atoms with van der Waals surface area (Å²) < 4.78 is 28.5. The van der Waals surface area contributed by atoms with Gasteiger partial charge in [0.05, 0.1) is 14.6 Å². The SMILES string of the molecule is Cc1cc(Cl)cc2sc(NC(=O)C3CCCN3S(=O)(=O)c3ccc(Cl)s3)nc12. The number of thiazole rings is 1. The van der Waals surface area contributed by atoms with Gasteiger partial charge in [0.15, 0.2) is 5.13 Å². The van der Waals surface area contributed by atoms with Gasteiger partial charge < -0.3 is 5.32 Å². The van der Waals surface area contributed by atoms with E-state index in [0.717, 1.165) is 27.1 Å². The van der Waals surface area contributed by atoms with Crippen molar-refractivity contribution in [3.8, 4) is 0 Å². The minimum atomic E-state index is -3.77. The molecule has 0 radical (unpaired) electrons. The highest BCUT2D eigenvalue weighted by molar-refractivity contribution is 7.91. The van der Waals surface area contributed by atoms with Gasteiger partial charge in [-0.3, -0.25) is 4.79 Å². The maximum absolute atomic E-state index is 12.9. The highest BCUT2D eigenvalue weighted by Gasteiger charge is 2.40. The van der Waals surface area contributed by atoms with Crippen LogP contribution in [-0.2, 0) is 14.8 Å². The molecule has 11 heteroatoms. The smallest absolute Gasteiger partial charge is 0.253 e. The van der Waals surface area contributed by atoms with Crippen molar-refractivity contribution >= 4 is 77.2 Å². The molecule has 1 amide bonds. The summed E-state index contributed by atoms with van der Waals surface area (Å²) in [5, 5.41) is 3.81. The fraction of sp³-hybridized carbons (Fsp3) is 0.294. The Kier molecular flexibility index (Phi) is 5.41. The molecule has 1 saturated heterocycles. The zero-order chi connectivity index (χ0) is 20.1. The molecule has 1 N–H and O–H groups in total. The first kappa shape index (κ1) is 20.1. The van der Waals surface area contributed by atoms with Gasteiger partial charge in [-0.25, -0.2) is 13.4 Å². The van der Waals surface area contributed by atoms with Gasteiger partial charge in [0, 0.05) is 11.6 Å². The molecule has 1 aliphatic rings. The molecular formula is C17H15Cl2N3O3S3. The number of thiophene rings is 1. The Morgan fingerprint density at radius 1 is 1.29 bits per heavy atom. The van der Waals surface area contributed by atoms with Crippen molar-refractivity contribution in [2.45, 2.75) is 30.0 Å². The number of rotatable bonds is 4. The zero-order valence-electron chi connectivity index (χ0n) is 14.6. The summed E-state index contributed by atoms with van der Waals surface area (Å²) in [7, 11) is -3.77. The molecule has 1 atom stereocenters. The monoisotopic (exact) mass is 475 g/mol. The number of carbonyl (C=O) groups is 1. The first-order valence-electron chi connectivity index (χ1n) is 8.40. The summed E-state index contributed by atoms with van der Waals surface area (Å²) in [4.78, 5) is 17.3. The van der Waals surface area contributed by atoms with Gasteiger partial charge in [-0.1, -0.05) is 34.5 Å². The molecule has 3 aromatic rings. The van der Waals surface area contributed by atoms with Gasteiger partial charge in [-0.05, 0) is 49.6 Å². The molecule has 0 saturated carbocycles. The first-order valence-corrected chi connectivity index (χ1v) is 12.2. The number of fused-ring (bicyclic) bond motifs is 1. The van der Waals surface area contributed by atoms with E-state index in [4.69, 9.17) is 23.2 Å². The van der Waals surface area contributed by atoms with Crippen LogP contribution < -0.4 is 5.32 Å². The van der Waals surface area contributed by atoms with E-state index in [-0.39, 0.29) is 10.1 Å². The molecule has 6 nitrogen and oxygen atoms in total. The fourth-order valence-corrected chi connectivity index (χ4v) is 7.83. The number of hydrogen-bond acceptors (Lipinski definition) is 6. The average Bonchev–Trinajstić information content (AvgIpc) is 3.33. The number of nitrogens with one attached hydrogen (secondary N) is 1. The van der Waals surface area contributed by atoms with Crippen molar-refractivity contribution in [3.63, 3.8) is 0 Å². The molecule has 148 valence electrons. The number of carbonyl (C=O) groups excluding carboxylic acids is 1. The van der Waals surface area contributed by atoms with E-state index in [1.165, 1.54) is 21.7 Å². The highest BCUT2D eigenvalue weighted by atomic mass is 35.5. The second-order valence-electron chi connectivity index (χ2n) is 6.41. The topological polar surface area (TPSA) is 79.4 Å². The number of aromatic nitrogens is 1. The van der Waals surface area contributed by atoms with Crippen LogP contribution in [0.5, 0.6) is 0 Å². The Labute approximate surface area is 180 Å². The standard InChI is InChI=1S/C17H15Cl2N3O3S3/c1-9-7-10(18)8-12-15(9)20-17(26-12)21-16(23)11-3-2-6-22(11)28(24,25)14-5-4-13(19)27-14/h4-5,7-8,11H,2-3,6H2,1H3,(H,20,21,23). The fourth-order valence-electron chi connectivity index (χ4n) is 3.24. The molecule has 1 aliphatic heterocycles. The van der Waals surface area contributed by atoms with Crippen molar-refractivity contribution in [1.29, 1.82) is 0 Å². The van der Waals surface area contributed by atoms with Crippen LogP contribution in [0.3, 0.4) is 0 Å². The van der Waals surface area contributed by atoms with Gasteiger partial charge in [0.2, 0.25) is 5.91 Å². The summed E-state index contributed by atoms with van der Waals surface area (Å²) in [6.07, 6.45) is 1.07. The van der Waals surface area contributed by atoms with Crippen LogP contribution in [0.4, 0.5) is 5.13 Å². The van der Waals surface area contributed by atoms with Crippen LogP contribution in [0.15, 0.2) is 28.5 Å². The molecule has 2 aromatic heterocycles. The predicted molar refractivity (Wildman–Crippen MR) is 114 cm³/mol. The van der Waals surface area contributed by atoms with Gasteiger partial charge in [-0.2, -0.15) is 4.31 Å². The lowest BCUT2D eigenvalue weighted by Gasteiger charge is -2.22. The normalized spacial score (nSPS) is 18.0. The van der Waals surface area contributed by atoms with E-state index in [0.29, 0.717) is 33.9 Å². The minimum absolute atomic E-state index is 0.141. The summed E-state index contributed by atoms with van der Waals surface area (Å²) in [5.74, 6) is -0.383. The van der Waals surface area contributed by atoms with Crippen LogP contribution in [0.1, 0.15) is 18.4 Å². The second-order valence-corrected chi connectivity index (χ2v) is 11.7. The largest absolute Gasteiger partial charge is 0.301 e. The molecule has 1 aromatic carbocycles. The zero-order valence-corrected chi connectivity index (χ0v) is 18.6. The first-order chi connectivity index (χ1) is 13.3. The Hall–Kier alpha value is -1.23. The summed E-state index contributed by atoms with van der Waals surface area (Å²) >= 11 is 14.3. The maximum Gasteiger partial charge on any atom is 0.253 e. The van der Waals surface area contributed by atoms with E-state index in [1.54, 1.807) is 12.1 Å². The summed E-state index contributed by atoms with van der Waals surface area (Å²) in [6, 6.07) is 5.84. The Morgan fingerprint density at radius 3 is 2.79 bits per heavy atom. The number of benzene rings is 1. The van der Waals surface area contributed by atoms with Gasteiger partial charge >= 0.3 is 0 Å². The average molecular weight is 476 g/mol. The van der Waals surface area contributed by atoms with E-state index in [9.17, 15) is 13.2 Å². The van der Waals surface area contributed by atoms with E-state index >= 15 is 0 Å². The molecule has 0 spiro atoms. The van der Waals surface area contributed by atoms with Crippen LogP contribution >= 0.6 is 45.9 Å². The van der Waals surface area contributed by atoms with Crippen molar-refractivity contribution in [2.24, 2.45) is 0 Å². The van der Waals surface area contributed by atoms with Gasteiger partial charge in [0.25, 0.3) is 10.0 Å². The quantitative estimate of drug-likeness (QED) is 0.589. The number of halogens is 2. The molecule has 1 fully saturated rings. The molecule has 4 rings (SSSR count). The van der Waals surface area contributed by atoms with Crippen LogP contribution in [0, 0.1) is 6.92 Å². The van der Waals surface area contributed by atoms with E-state index in [2.05, 4.69) is 10.3 Å². The van der Waals surface area contributed by atoms with E-state index < -0.39 is 16.1 Å². The summed E-state index contributed by atoms with van der Waals surface area (Å²) in [6.45, 7) is 2.20. The highest BCUT2D eigenvalue weighted by Crippen LogP contribution is 2.34. The third-order valence-electron chi connectivity index (χ3n) is 4.50. The molecule has 0 bridgehead atoms. The summed E-state index contributed by atoms with van der Waals surface area (Å²) in [5.41, 5.74) is 1.69. The maximum atomic E-state index is 12.9. The van der Waals surface area contributed by atoms with Crippen molar-refractivity contribution < 1.29 is 13.2 Å². The van der Waals surface area contributed by atoms with E-state index in [1.807, 2.05) is 13.0 Å². The Balaban J connectivity index is 1.58. The third-order valence-corrected chi connectivity index (χ3v) is 9.24. The molecule has 3 heterocycles. The molecular weight excluding hydrogens is 461 g/mol. The second kappa shape index (κ2) is 7.55. The number of anilines is 1. The molecule has 28 heavy (non-hydrogen) atoms. The van der Waals surface area contributed by atoms with Gasteiger partial charge in [0.1, 0.15) is 10.3 Å². The van der Waals surface area contributed by atoms with Crippen molar-refractivity contribution in [2.75, 3.05) is 11.9 Å². The molecule has 0 aliphatic carbocycles. The van der Waals surface area contributed by atoms with Gasteiger partial charge in [-0.15, -0.1) is 11.3 Å². The predicted octanol–water partition coefficient (Wildman–Crippen LogP) is 4.76. The number of nitrogens with zero attached hydrogens (tertiary/aromatic N) is 2. The van der Waals surface area contributed by atoms with Crippen LogP contribution in [0.25, 0.3) is 10.2 Å². The Bertz CT molecular complexity index is 1170. The Morgan fingerprint density at radius 2 is 2.07 bits per heavy atom. The lowest BCUT2D eigenvalue weighted by molar-refractivity contribution is -0.119. The lowest BCUT2D eigenvalue weighted by atomic mass is 10.2. The number of sulfonamides is 1. The minimum Gasteiger partial charge on any atom is -0.301 e. The number of amides is 1. The number of hydrogen-bond donors (Lipinski definition) is 1. The van der Waals surface area contributed by atoms with Crippen molar-refractivity contribution in [1.82, 2.24) is 9.29 Å². The third kappa shape index (κ3) is 3.67. The molecule has 1 unspecified atom stereocenters. The van der Waals surface area contributed by atoms with Crippen LogP contribution in [-0.4, -0.2) is 36.2 Å². The number of aryl methyl sites for hydroxylation is 1. The van der Waals surface area contributed by atoms with Crippen molar-refractivity contribution in [3.05, 3.63) is 39.2 Å². The lowest BCUT2D eigenvalue weighted by Crippen LogP contribution is -2.42.